The molecule has 8 heteroatoms. The molecule has 1 atom stereocenters. The predicted octanol–water partition coefficient (Wildman–Crippen LogP) is 1.91. The fraction of sp³-hybridized carbons (Fsp3) is 0.529. The van der Waals surface area contributed by atoms with Crippen LogP contribution in [0.5, 0.6) is 0 Å². The third-order valence-corrected chi connectivity index (χ3v) is 4.90. The zero-order valence-corrected chi connectivity index (χ0v) is 14.9. The minimum absolute atomic E-state index is 0.137. The maximum absolute atomic E-state index is 12.7. The van der Waals surface area contributed by atoms with Crippen molar-refractivity contribution in [1.29, 1.82) is 0 Å². The average Bonchev–Trinajstić information content (AvgIpc) is 3.09. The largest absolute Gasteiger partial charge is 0.364 e. The highest BCUT2D eigenvalue weighted by Crippen LogP contribution is 2.38. The quantitative estimate of drug-likeness (QED) is 0.881. The Morgan fingerprint density at radius 3 is 2.76 bits per heavy atom. The zero-order chi connectivity index (χ0) is 18.4. The summed E-state index contributed by atoms with van der Waals surface area (Å²) in [5.74, 6) is 0.137. The van der Waals surface area contributed by atoms with Crippen molar-refractivity contribution in [1.82, 2.24) is 14.9 Å². The van der Waals surface area contributed by atoms with Gasteiger partial charge in [-0.2, -0.15) is 5.10 Å². The highest BCUT2D eigenvalue weighted by molar-refractivity contribution is 6.07. The summed E-state index contributed by atoms with van der Waals surface area (Å²) in [6, 6.07) is 0. The van der Waals surface area contributed by atoms with Gasteiger partial charge >= 0.3 is 0 Å². The summed E-state index contributed by atoms with van der Waals surface area (Å²) in [7, 11) is 1.58. The van der Waals surface area contributed by atoms with Crippen LogP contribution in [0.4, 0.5) is 5.69 Å². The van der Waals surface area contributed by atoms with Crippen LogP contribution in [0.3, 0.4) is 0 Å². The van der Waals surface area contributed by atoms with Crippen LogP contribution in [-0.4, -0.2) is 26.8 Å². The Hall–Kier alpha value is -2.64. The molecule has 2 aromatic heterocycles. The molecule has 0 unspecified atom stereocenters. The first-order valence-electron chi connectivity index (χ1n) is 8.29. The number of primary amides is 1. The van der Waals surface area contributed by atoms with Crippen molar-refractivity contribution in [3.05, 3.63) is 28.9 Å². The molecule has 0 fully saturated rings. The SMILES string of the molecule is Cn1ncc(NC(=O)c2noc3c2C[C@H](C(C)(C)C)CC3)c1C(N)=O. The zero-order valence-electron chi connectivity index (χ0n) is 14.9. The number of nitrogens with two attached hydrogens (primary N) is 1. The topological polar surface area (TPSA) is 116 Å². The van der Waals surface area contributed by atoms with E-state index >= 15 is 0 Å². The van der Waals surface area contributed by atoms with Gasteiger partial charge in [0.2, 0.25) is 0 Å². The van der Waals surface area contributed by atoms with E-state index in [2.05, 4.69) is 36.3 Å². The van der Waals surface area contributed by atoms with Crippen LogP contribution >= 0.6 is 0 Å². The summed E-state index contributed by atoms with van der Waals surface area (Å²) in [5, 5.41) is 10.6. The third kappa shape index (κ3) is 3.16. The van der Waals surface area contributed by atoms with E-state index < -0.39 is 11.8 Å². The lowest BCUT2D eigenvalue weighted by Crippen LogP contribution is -2.28. The van der Waals surface area contributed by atoms with Gasteiger partial charge in [-0.1, -0.05) is 25.9 Å². The fourth-order valence-electron chi connectivity index (χ4n) is 3.32. The molecular formula is C17H23N5O3. The van der Waals surface area contributed by atoms with Gasteiger partial charge < -0.3 is 15.6 Å². The van der Waals surface area contributed by atoms with Gasteiger partial charge in [0.15, 0.2) is 5.69 Å². The number of rotatable bonds is 3. The van der Waals surface area contributed by atoms with Crippen molar-refractivity contribution >= 4 is 17.5 Å². The molecule has 134 valence electrons. The highest BCUT2D eigenvalue weighted by Gasteiger charge is 2.34. The fourth-order valence-corrected chi connectivity index (χ4v) is 3.32. The van der Waals surface area contributed by atoms with E-state index in [1.807, 2.05) is 0 Å². The Bertz CT molecular complexity index is 828. The number of anilines is 1. The van der Waals surface area contributed by atoms with Gasteiger partial charge in [-0.15, -0.1) is 0 Å². The van der Waals surface area contributed by atoms with Crippen LogP contribution < -0.4 is 11.1 Å². The van der Waals surface area contributed by atoms with Crippen LogP contribution in [0.1, 0.15) is 59.5 Å². The van der Waals surface area contributed by atoms with Crippen molar-refractivity contribution in [3.63, 3.8) is 0 Å². The molecule has 2 amide bonds. The minimum atomic E-state index is -0.662. The first-order valence-corrected chi connectivity index (χ1v) is 8.29. The number of hydrogen-bond acceptors (Lipinski definition) is 5. The van der Waals surface area contributed by atoms with Gasteiger partial charge in [0, 0.05) is 19.0 Å². The van der Waals surface area contributed by atoms with E-state index in [0.29, 0.717) is 5.92 Å². The maximum Gasteiger partial charge on any atom is 0.278 e. The van der Waals surface area contributed by atoms with Crippen molar-refractivity contribution in [2.75, 3.05) is 5.32 Å². The second-order valence-corrected chi connectivity index (χ2v) is 7.59. The van der Waals surface area contributed by atoms with Gasteiger partial charge in [0.25, 0.3) is 11.8 Å². The first-order chi connectivity index (χ1) is 11.7. The van der Waals surface area contributed by atoms with Gasteiger partial charge in [-0.05, 0) is 24.2 Å². The molecular weight excluding hydrogens is 322 g/mol. The number of nitrogens with zero attached hydrogens (tertiary/aromatic N) is 3. The molecule has 2 aromatic rings. The Balaban J connectivity index is 1.86. The molecule has 0 bridgehead atoms. The minimum Gasteiger partial charge on any atom is -0.364 e. The molecule has 25 heavy (non-hydrogen) atoms. The second kappa shape index (κ2) is 6.02. The molecule has 0 aliphatic heterocycles. The third-order valence-electron chi connectivity index (χ3n) is 4.90. The number of hydrogen-bond donors (Lipinski definition) is 2. The lowest BCUT2D eigenvalue weighted by Gasteiger charge is -2.33. The Morgan fingerprint density at radius 2 is 2.12 bits per heavy atom. The number of aromatic nitrogens is 3. The Kier molecular flexibility index (Phi) is 4.14. The average molecular weight is 345 g/mol. The molecule has 0 radical (unpaired) electrons. The van der Waals surface area contributed by atoms with Crippen LogP contribution in [0.2, 0.25) is 0 Å². The molecule has 0 aromatic carbocycles. The molecule has 0 spiro atoms. The van der Waals surface area contributed by atoms with E-state index in [4.69, 9.17) is 10.3 Å². The molecule has 3 rings (SSSR count). The summed E-state index contributed by atoms with van der Waals surface area (Å²) in [5.41, 5.74) is 7.01. The summed E-state index contributed by atoms with van der Waals surface area (Å²) in [4.78, 5) is 24.2. The van der Waals surface area contributed by atoms with E-state index in [1.165, 1.54) is 10.9 Å². The molecule has 8 nitrogen and oxygen atoms in total. The molecule has 0 saturated carbocycles. The van der Waals surface area contributed by atoms with Gasteiger partial charge in [-0.3, -0.25) is 14.3 Å². The molecule has 0 saturated heterocycles. The second-order valence-electron chi connectivity index (χ2n) is 7.59. The predicted molar refractivity (Wildman–Crippen MR) is 91.2 cm³/mol. The first kappa shape index (κ1) is 17.2. The van der Waals surface area contributed by atoms with E-state index in [1.54, 1.807) is 7.05 Å². The Labute approximate surface area is 145 Å². The van der Waals surface area contributed by atoms with Gasteiger partial charge in [-0.25, -0.2) is 0 Å². The Morgan fingerprint density at radius 1 is 1.40 bits per heavy atom. The summed E-state index contributed by atoms with van der Waals surface area (Å²) < 4.78 is 6.69. The normalized spacial score (nSPS) is 17.2. The van der Waals surface area contributed by atoms with Crippen molar-refractivity contribution < 1.29 is 14.1 Å². The monoisotopic (exact) mass is 345 g/mol. The number of nitrogens with one attached hydrogen (secondary N) is 1. The number of aryl methyl sites for hydroxylation is 2. The summed E-state index contributed by atoms with van der Waals surface area (Å²) >= 11 is 0. The van der Waals surface area contributed by atoms with E-state index in [0.717, 1.165) is 30.6 Å². The summed E-state index contributed by atoms with van der Waals surface area (Å²) in [6.45, 7) is 6.60. The number of carbonyl (C=O) groups is 2. The molecule has 1 aliphatic carbocycles. The van der Waals surface area contributed by atoms with Crippen molar-refractivity contribution in [2.24, 2.45) is 24.1 Å². The lowest BCUT2D eigenvalue weighted by atomic mass is 9.71. The van der Waals surface area contributed by atoms with Crippen LogP contribution in [0.25, 0.3) is 0 Å². The highest BCUT2D eigenvalue weighted by atomic mass is 16.5. The number of amides is 2. The molecule has 2 heterocycles. The molecule has 3 N–H and O–H groups in total. The van der Waals surface area contributed by atoms with E-state index in [9.17, 15) is 9.59 Å². The van der Waals surface area contributed by atoms with Crippen LogP contribution in [-0.2, 0) is 19.9 Å². The van der Waals surface area contributed by atoms with E-state index in [-0.39, 0.29) is 22.5 Å². The number of fused-ring (bicyclic) bond motifs is 1. The number of carbonyl (C=O) groups excluding carboxylic acids is 2. The van der Waals surface area contributed by atoms with Crippen molar-refractivity contribution in [2.45, 2.75) is 40.0 Å². The van der Waals surface area contributed by atoms with Crippen molar-refractivity contribution in [3.8, 4) is 0 Å². The molecule has 1 aliphatic rings. The smallest absolute Gasteiger partial charge is 0.278 e. The van der Waals surface area contributed by atoms with Crippen LogP contribution in [0, 0.1) is 11.3 Å². The lowest BCUT2D eigenvalue weighted by molar-refractivity contribution is 0.0992. The van der Waals surface area contributed by atoms with Gasteiger partial charge in [0.05, 0.1) is 11.9 Å². The maximum atomic E-state index is 12.7. The van der Waals surface area contributed by atoms with Gasteiger partial charge in [0.1, 0.15) is 11.5 Å². The summed E-state index contributed by atoms with van der Waals surface area (Å²) in [6.07, 6.45) is 3.93. The van der Waals surface area contributed by atoms with Crippen LogP contribution in [0.15, 0.2) is 10.7 Å². The standard InChI is InChI=1S/C17H23N5O3/c1-17(2,3)9-5-6-12-10(7-9)13(21-25-12)16(24)20-11-8-19-22(4)14(11)15(18)23/h8-9H,5-7H2,1-4H3,(H2,18,23)(H,20,24)/t9-/m1/s1.